The van der Waals surface area contributed by atoms with E-state index in [2.05, 4.69) is 42.8 Å². The van der Waals surface area contributed by atoms with Gasteiger partial charge in [-0.1, -0.05) is 47.8 Å². The van der Waals surface area contributed by atoms with Gasteiger partial charge in [-0.05, 0) is 38.5 Å². The highest BCUT2D eigenvalue weighted by Gasteiger charge is 1.94. The molecule has 0 heterocycles. The summed E-state index contributed by atoms with van der Waals surface area (Å²) in [6.07, 6.45) is 8.90. The number of halogens is 1. The average Bonchev–Trinajstić information content (AvgIpc) is 2.04. The van der Waals surface area contributed by atoms with Crippen LogP contribution in [0.1, 0.15) is 52.9 Å². The minimum atomic E-state index is 0.857. The van der Waals surface area contributed by atoms with E-state index >= 15 is 0 Å². The molecule has 0 bridgehead atoms. The second-order valence-electron chi connectivity index (χ2n) is 4.17. The van der Waals surface area contributed by atoms with Crippen molar-refractivity contribution in [3.8, 4) is 0 Å². The van der Waals surface area contributed by atoms with E-state index in [1.807, 2.05) is 0 Å². The molecule has 78 valence electrons. The number of hydrogen-bond acceptors (Lipinski definition) is 0. The zero-order valence-electron chi connectivity index (χ0n) is 9.28. The summed E-state index contributed by atoms with van der Waals surface area (Å²) in [6.45, 7) is 6.85. The van der Waals surface area contributed by atoms with Crippen LogP contribution in [0.3, 0.4) is 0 Å². The first kappa shape index (κ1) is 13.2. The molecule has 0 radical (unpaired) electrons. The number of rotatable bonds is 7. The third-order valence-electron chi connectivity index (χ3n) is 2.18. The van der Waals surface area contributed by atoms with Gasteiger partial charge < -0.3 is 0 Å². The van der Waals surface area contributed by atoms with Gasteiger partial charge in [0, 0.05) is 5.33 Å². The number of alkyl halides is 1. The van der Waals surface area contributed by atoms with E-state index in [1.54, 1.807) is 5.57 Å². The molecule has 0 aliphatic carbocycles. The normalized spacial score (nSPS) is 12.5. The second-order valence-corrected chi connectivity index (χ2v) is 4.96. The van der Waals surface area contributed by atoms with E-state index in [4.69, 9.17) is 0 Å². The highest BCUT2D eigenvalue weighted by molar-refractivity contribution is 9.09. The Balaban J connectivity index is 3.38. The topological polar surface area (TPSA) is 0 Å². The van der Waals surface area contributed by atoms with Crippen molar-refractivity contribution < 1.29 is 0 Å². The minimum absolute atomic E-state index is 0.857. The van der Waals surface area contributed by atoms with Crippen LogP contribution in [0.5, 0.6) is 0 Å². The Morgan fingerprint density at radius 2 is 2.00 bits per heavy atom. The van der Waals surface area contributed by atoms with Crippen LogP contribution < -0.4 is 0 Å². The Labute approximate surface area is 91.9 Å². The molecule has 0 fully saturated rings. The van der Waals surface area contributed by atoms with Gasteiger partial charge in [-0.25, -0.2) is 0 Å². The summed E-state index contributed by atoms with van der Waals surface area (Å²) in [5.74, 6) is 0.857. The zero-order chi connectivity index (χ0) is 10.1. The average molecular weight is 247 g/mol. The summed E-state index contributed by atoms with van der Waals surface area (Å²) in [5.41, 5.74) is 1.57. The standard InChI is InChI=1S/C12H23Br/c1-11(2)7-6-9-12(3)8-4-5-10-13/h8,11H,4-7,9-10H2,1-3H3. The van der Waals surface area contributed by atoms with Gasteiger partial charge in [-0.3, -0.25) is 0 Å². The van der Waals surface area contributed by atoms with Gasteiger partial charge in [-0.2, -0.15) is 0 Å². The predicted molar refractivity (Wildman–Crippen MR) is 65.5 cm³/mol. The minimum Gasteiger partial charge on any atom is -0.0928 e. The second kappa shape index (κ2) is 8.80. The van der Waals surface area contributed by atoms with Gasteiger partial charge in [0.25, 0.3) is 0 Å². The van der Waals surface area contributed by atoms with Crippen molar-refractivity contribution in [2.24, 2.45) is 5.92 Å². The fourth-order valence-corrected chi connectivity index (χ4v) is 1.64. The quantitative estimate of drug-likeness (QED) is 0.340. The monoisotopic (exact) mass is 246 g/mol. The van der Waals surface area contributed by atoms with Crippen LogP contribution >= 0.6 is 15.9 Å². The SMILES string of the molecule is CC(=CCCCBr)CCCC(C)C. The highest BCUT2D eigenvalue weighted by Crippen LogP contribution is 2.12. The molecule has 1 heteroatoms. The predicted octanol–water partition coefficient (Wildman–Crippen LogP) is 4.93. The molecule has 0 atom stereocenters. The molecule has 0 amide bonds. The number of hydrogen-bond donors (Lipinski definition) is 0. The van der Waals surface area contributed by atoms with E-state index in [9.17, 15) is 0 Å². The van der Waals surface area contributed by atoms with Crippen LogP contribution in [-0.4, -0.2) is 5.33 Å². The van der Waals surface area contributed by atoms with Gasteiger partial charge in [-0.15, -0.1) is 0 Å². The molecule has 0 aromatic carbocycles. The van der Waals surface area contributed by atoms with Crippen LogP contribution in [-0.2, 0) is 0 Å². The molecular formula is C12H23Br. The maximum absolute atomic E-state index is 3.44. The molecular weight excluding hydrogens is 224 g/mol. The van der Waals surface area contributed by atoms with Crippen molar-refractivity contribution in [1.29, 1.82) is 0 Å². The van der Waals surface area contributed by atoms with E-state index in [0.29, 0.717) is 0 Å². The molecule has 0 saturated heterocycles. The van der Waals surface area contributed by atoms with Crippen LogP contribution in [0.15, 0.2) is 11.6 Å². The van der Waals surface area contributed by atoms with Crippen LogP contribution in [0.25, 0.3) is 0 Å². The van der Waals surface area contributed by atoms with Crippen molar-refractivity contribution in [2.75, 3.05) is 5.33 Å². The van der Waals surface area contributed by atoms with Crippen molar-refractivity contribution in [3.63, 3.8) is 0 Å². The van der Waals surface area contributed by atoms with Crippen molar-refractivity contribution in [3.05, 3.63) is 11.6 Å². The molecule has 0 spiro atoms. The first-order valence-corrected chi connectivity index (χ1v) is 6.50. The molecule has 0 N–H and O–H groups in total. The summed E-state index contributed by atoms with van der Waals surface area (Å²) in [5, 5.41) is 1.13. The highest BCUT2D eigenvalue weighted by atomic mass is 79.9. The third-order valence-corrected chi connectivity index (χ3v) is 2.74. The molecule has 0 nitrogen and oxygen atoms in total. The molecule has 0 rings (SSSR count). The lowest BCUT2D eigenvalue weighted by Gasteiger charge is -2.04. The molecule has 0 aliphatic rings. The maximum atomic E-state index is 3.44. The number of allylic oxidation sites excluding steroid dienone is 2. The van der Waals surface area contributed by atoms with E-state index < -0.39 is 0 Å². The van der Waals surface area contributed by atoms with Gasteiger partial charge in [0.1, 0.15) is 0 Å². The lowest BCUT2D eigenvalue weighted by Crippen LogP contribution is -1.87. The fraction of sp³-hybridized carbons (Fsp3) is 0.833. The largest absolute Gasteiger partial charge is 0.0928 e. The Morgan fingerprint density at radius 3 is 2.54 bits per heavy atom. The van der Waals surface area contributed by atoms with Crippen LogP contribution in [0.2, 0.25) is 0 Å². The Morgan fingerprint density at radius 1 is 1.31 bits per heavy atom. The van der Waals surface area contributed by atoms with Crippen LogP contribution in [0, 0.1) is 5.92 Å². The molecule has 13 heavy (non-hydrogen) atoms. The Hall–Kier alpha value is 0.220. The summed E-state index contributed by atoms with van der Waals surface area (Å²) >= 11 is 3.44. The number of unbranched alkanes of at least 4 members (excludes halogenated alkanes) is 1. The van der Waals surface area contributed by atoms with E-state index in [0.717, 1.165) is 11.2 Å². The van der Waals surface area contributed by atoms with Gasteiger partial charge in [0.2, 0.25) is 0 Å². The molecule has 0 saturated carbocycles. The van der Waals surface area contributed by atoms with E-state index in [-0.39, 0.29) is 0 Å². The lowest BCUT2D eigenvalue weighted by atomic mass is 10.0. The van der Waals surface area contributed by atoms with Crippen LogP contribution in [0.4, 0.5) is 0 Å². The maximum Gasteiger partial charge on any atom is 0.00342 e. The Kier molecular flexibility index (Phi) is 8.95. The van der Waals surface area contributed by atoms with E-state index in [1.165, 1.54) is 32.1 Å². The third kappa shape index (κ3) is 10.1. The zero-order valence-corrected chi connectivity index (χ0v) is 10.9. The lowest BCUT2D eigenvalue weighted by molar-refractivity contribution is 0.554. The molecule has 0 unspecified atom stereocenters. The molecule has 0 aliphatic heterocycles. The first-order chi connectivity index (χ1) is 6.16. The smallest absolute Gasteiger partial charge is 0.00342 e. The summed E-state index contributed by atoms with van der Waals surface area (Å²) in [7, 11) is 0. The van der Waals surface area contributed by atoms with Gasteiger partial charge in [0.15, 0.2) is 0 Å². The van der Waals surface area contributed by atoms with Crippen molar-refractivity contribution >= 4 is 15.9 Å². The van der Waals surface area contributed by atoms with Crippen molar-refractivity contribution in [2.45, 2.75) is 52.9 Å². The molecule has 0 aromatic rings. The van der Waals surface area contributed by atoms with Gasteiger partial charge >= 0.3 is 0 Å². The van der Waals surface area contributed by atoms with Gasteiger partial charge in [0.05, 0.1) is 0 Å². The molecule has 0 aromatic heterocycles. The first-order valence-electron chi connectivity index (χ1n) is 5.38. The summed E-state index contributed by atoms with van der Waals surface area (Å²) in [4.78, 5) is 0. The Bertz CT molecular complexity index is 136. The van der Waals surface area contributed by atoms with Crippen molar-refractivity contribution in [1.82, 2.24) is 0 Å². The fourth-order valence-electron chi connectivity index (χ4n) is 1.32. The summed E-state index contributed by atoms with van der Waals surface area (Å²) in [6, 6.07) is 0. The summed E-state index contributed by atoms with van der Waals surface area (Å²) < 4.78 is 0.